The van der Waals surface area contributed by atoms with E-state index in [1.807, 2.05) is 0 Å². The largest absolute Gasteiger partial charge is 0.481 e. The van der Waals surface area contributed by atoms with Crippen LogP contribution >= 0.6 is 0 Å². The van der Waals surface area contributed by atoms with Crippen LogP contribution in [-0.4, -0.2) is 50.2 Å². The van der Waals surface area contributed by atoms with E-state index < -0.39 is 27.4 Å². The molecule has 1 heterocycles. The van der Waals surface area contributed by atoms with E-state index in [0.29, 0.717) is 31.6 Å². The maximum absolute atomic E-state index is 12.9. The average molecular weight is 396 g/mol. The second-order valence-corrected chi connectivity index (χ2v) is 9.00. The van der Waals surface area contributed by atoms with Gasteiger partial charge in [-0.25, -0.2) is 13.1 Å². The maximum atomic E-state index is 12.9. The fourth-order valence-corrected chi connectivity index (χ4v) is 4.54. The highest BCUT2D eigenvalue weighted by atomic mass is 32.2. The number of carbonyl (C=O) groups is 2. The Morgan fingerprint density at radius 3 is 2.52 bits per heavy atom. The van der Waals surface area contributed by atoms with Crippen molar-refractivity contribution in [2.24, 2.45) is 0 Å². The average Bonchev–Trinajstić information content (AvgIpc) is 3.38. The van der Waals surface area contributed by atoms with Crippen molar-refractivity contribution >= 4 is 21.9 Å². The zero-order chi connectivity index (χ0) is 19.7. The fraction of sp³-hybridized carbons (Fsp3) is 0.556. The van der Waals surface area contributed by atoms with Crippen LogP contribution in [0.3, 0.4) is 0 Å². The van der Waals surface area contributed by atoms with E-state index in [0.717, 1.165) is 12.8 Å². The zero-order valence-corrected chi connectivity index (χ0v) is 16.0. The number of carboxylic acid groups (broad SMARTS) is 1. The molecule has 1 aromatic carbocycles. The number of ether oxygens (including phenoxy) is 1. The molecule has 2 aliphatic rings. The first kappa shape index (κ1) is 19.8. The minimum atomic E-state index is -3.68. The molecule has 1 amide bonds. The molecule has 27 heavy (non-hydrogen) atoms. The van der Waals surface area contributed by atoms with Gasteiger partial charge in [0, 0.05) is 24.8 Å². The fourth-order valence-electron chi connectivity index (χ4n) is 3.21. The molecule has 1 saturated carbocycles. The third kappa shape index (κ3) is 4.85. The molecule has 0 bridgehead atoms. The summed E-state index contributed by atoms with van der Waals surface area (Å²) in [4.78, 5) is 24.2. The number of carboxylic acids is 1. The van der Waals surface area contributed by atoms with Crippen LogP contribution in [0.25, 0.3) is 0 Å². The predicted octanol–water partition coefficient (Wildman–Crippen LogP) is 1.19. The smallest absolute Gasteiger partial charge is 0.305 e. The molecular weight excluding hydrogens is 372 g/mol. The van der Waals surface area contributed by atoms with Gasteiger partial charge in [0.05, 0.1) is 16.9 Å². The molecule has 9 heteroatoms. The lowest BCUT2D eigenvalue weighted by Crippen LogP contribution is -2.53. The van der Waals surface area contributed by atoms with Gasteiger partial charge in [0.15, 0.2) is 0 Å². The molecule has 0 spiro atoms. The van der Waals surface area contributed by atoms with Crippen LogP contribution in [0.5, 0.6) is 0 Å². The molecule has 8 nitrogen and oxygen atoms in total. The van der Waals surface area contributed by atoms with Crippen molar-refractivity contribution in [3.05, 3.63) is 29.3 Å². The Kier molecular flexibility index (Phi) is 5.55. The van der Waals surface area contributed by atoms with Gasteiger partial charge in [-0.05, 0) is 50.3 Å². The van der Waals surface area contributed by atoms with E-state index >= 15 is 0 Å². The lowest BCUT2D eigenvalue weighted by atomic mass is 9.86. The highest BCUT2D eigenvalue weighted by Gasteiger charge is 2.37. The standard InChI is InChI=1S/C18H24N2O6S/c1-12-2-5-14(27(24,25)20-13-3-4-13)10-15(12)17(23)19-18(11-16(21)22)6-8-26-9-7-18/h2,5,10,13,20H,3-4,6-9,11H2,1H3,(H,19,23)(H,21,22). The number of rotatable bonds is 7. The summed E-state index contributed by atoms with van der Waals surface area (Å²) in [5.41, 5.74) is -0.0466. The summed E-state index contributed by atoms with van der Waals surface area (Å²) in [6, 6.07) is 4.38. The third-order valence-corrected chi connectivity index (χ3v) is 6.50. The second-order valence-electron chi connectivity index (χ2n) is 7.29. The van der Waals surface area contributed by atoms with Crippen LogP contribution in [-0.2, 0) is 19.6 Å². The van der Waals surface area contributed by atoms with Crippen molar-refractivity contribution in [1.29, 1.82) is 0 Å². The maximum Gasteiger partial charge on any atom is 0.305 e. The highest BCUT2D eigenvalue weighted by molar-refractivity contribution is 7.89. The van der Waals surface area contributed by atoms with E-state index in [4.69, 9.17) is 4.74 Å². The lowest BCUT2D eigenvalue weighted by Gasteiger charge is -2.37. The van der Waals surface area contributed by atoms with Crippen molar-refractivity contribution in [2.75, 3.05) is 13.2 Å². The summed E-state index contributed by atoms with van der Waals surface area (Å²) in [6.45, 7) is 2.45. The number of carbonyl (C=O) groups excluding carboxylic acids is 1. The number of amides is 1. The first-order valence-electron chi connectivity index (χ1n) is 8.96. The molecule has 0 unspecified atom stereocenters. The Bertz CT molecular complexity index is 841. The van der Waals surface area contributed by atoms with E-state index in [-0.39, 0.29) is 22.9 Å². The summed E-state index contributed by atoms with van der Waals surface area (Å²) in [5, 5.41) is 12.1. The predicted molar refractivity (Wildman–Crippen MR) is 97.0 cm³/mol. The van der Waals surface area contributed by atoms with Crippen molar-refractivity contribution in [3.63, 3.8) is 0 Å². The summed E-state index contributed by atoms with van der Waals surface area (Å²) < 4.78 is 32.7. The molecule has 0 aromatic heterocycles. The van der Waals surface area contributed by atoms with Crippen LogP contribution in [0.4, 0.5) is 0 Å². The second kappa shape index (κ2) is 7.57. The molecule has 3 N–H and O–H groups in total. The van der Waals surface area contributed by atoms with Crippen LogP contribution in [0.1, 0.15) is 48.0 Å². The Hall–Kier alpha value is -1.97. The summed E-state index contributed by atoms with van der Waals surface area (Å²) in [7, 11) is -3.68. The number of hydrogen-bond acceptors (Lipinski definition) is 5. The quantitative estimate of drug-likeness (QED) is 0.636. The molecular formula is C18H24N2O6S. The van der Waals surface area contributed by atoms with Gasteiger partial charge in [-0.1, -0.05) is 6.07 Å². The molecule has 0 atom stereocenters. The van der Waals surface area contributed by atoms with Crippen LogP contribution in [0, 0.1) is 6.92 Å². The molecule has 1 aromatic rings. The van der Waals surface area contributed by atoms with E-state index in [1.165, 1.54) is 12.1 Å². The molecule has 1 aliphatic carbocycles. The van der Waals surface area contributed by atoms with Crippen LogP contribution < -0.4 is 10.0 Å². The Balaban J connectivity index is 1.84. The zero-order valence-electron chi connectivity index (χ0n) is 15.2. The molecule has 0 radical (unpaired) electrons. The highest BCUT2D eigenvalue weighted by Crippen LogP contribution is 2.27. The van der Waals surface area contributed by atoms with Gasteiger partial charge in [0.2, 0.25) is 10.0 Å². The minimum absolute atomic E-state index is 0.0319. The summed E-state index contributed by atoms with van der Waals surface area (Å²) in [5.74, 6) is -1.47. The first-order chi connectivity index (χ1) is 12.7. The van der Waals surface area contributed by atoms with E-state index in [1.54, 1.807) is 13.0 Å². The molecule has 3 rings (SSSR count). The number of aryl methyl sites for hydroxylation is 1. The van der Waals surface area contributed by atoms with Crippen molar-refractivity contribution in [3.8, 4) is 0 Å². The topological polar surface area (TPSA) is 122 Å². The van der Waals surface area contributed by atoms with Gasteiger partial charge >= 0.3 is 5.97 Å². The summed E-state index contributed by atoms with van der Waals surface area (Å²) >= 11 is 0. The van der Waals surface area contributed by atoms with Crippen molar-refractivity contribution in [1.82, 2.24) is 10.0 Å². The number of sulfonamides is 1. The molecule has 1 aliphatic heterocycles. The SMILES string of the molecule is Cc1ccc(S(=O)(=O)NC2CC2)cc1C(=O)NC1(CC(=O)O)CCOCC1. The molecule has 1 saturated heterocycles. The number of nitrogens with one attached hydrogen (secondary N) is 2. The van der Waals surface area contributed by atoms with Crippen molar-refractivity contribution < 1.29 is 27.9 Å². The Morgan fingerprint density at radius 1 is 1.26 bits per heavy atom. The summed E-state index contributed by atoms with van der Waals surface area (Å²) in [6.07, 6.45) is 2.22. The Labute approximate surface area is 158 Å². The van der Waals surface area contributed by atoms with Gasteiger partial charge in [-0.15, -0.1) is 0 Å². The number of aliphatic carboxylic acids is 1. The first-order valence-corrected chi connectivity index (χ1v) is 10.4. The molecule has 148 valence electrons. The monoisotopic (exact) mass is 396 g/mol. The van der Waals surface area contributed by atoms with Crippen LogP contribution in [0.15, 0.2) is 23.1 Å². The normalized spacial score (nSPS) is 19.4. The number of benzene rings is 1. The minimum Gasteiger partial charge on any atom is -0.481 e. The van der Waals surface area contributed by atoms with E-state index in [9.17, 15) is 23.1 Å². The number of hydrogen-bond donors (Lipinski definition) is 3. The van der Waals surface area contributed by atoms with Gasteiger partial charge < -0.3 is 15.2 Å². The molecule has 2 fully saturated rings. The lowest BCUT2D eigenvalue weighted by molar-refractivity contribution is -0.139. The van der Waals surface area contributed by atoms with Gasteiger partial charge in [0.1, 0.15) is 0 Å². The van der Waals surface area contributed by atoms with Crippen LogP contribution in [0.2, 0.25) is 0 Å². The third-order valence-electron chi connectivity index (χ3n) is 4.98. The van der Waals surface area contributed by atoms with Crippen molar-refractivity contribution in [2.45, 2.75) is 55.5 Å². The van der Waals surface area contributed by atoms with E-state index in [2.05, 4.69) is 10.0 Å². The Morgan fingerprint density at radius 2 is 1.93 bits per heavy atom. The van der Waals surface area contributed by atoms with Gasteiger partial charge in [-0.3, -0.25) is 9.59 Å². The van der Waals surface area contributed by atoms with Gasteiger partial charge in [-0.2, -0.15) is 0 Å². The van der Waals surface area contributed by atoms with Gasteiger partial charge in [0.25, 0.3) is 5.91 Å².